The van der Waals surface area contributed by atoms with Gasteiger partial charge in [0.2, 0.25) is 0 Å². The van der Waals surface area contributed by atoms with Gasteiger partial charge < -0.3 is 14.4 Å². The maximum Gasteiger partial charge on any atom is 0.259 e. The van der Waals surface area contributed by atoms with Crippen LogP contribution in [0.3, 0.4) is 0 Å². The van der Waals surface area contributed by atoms with Crippen LogP contribution in [0.4, 0.5) is 5.69 Å². The maximum atomic E-state index is 13.2. The minimum Gasteiger partial charge on any atom is -0.493 e. The topological polar surface area (TPSA) is 42.0 Å². The summed E-state index contributed by atoms with van der Waals surface area (Å²) in [6.45, 7) is 18.7. The molecule has 0 saturated carbocycles. The number of hydrogen-bond donors (Lipinski definition) is 0. The highest BCUT2D eigenvalue weighted by molar-refractivity contribution is 6.32. The molecule has 0 aliphatic carbocycles. The first-order valence-corrected chi connectivity index (χ1v) is 13.8. The molecule has 4 rings (SSSR count). The first-order valence-electron chi connectivity index (χ1n) is 13.4. The molecule has 2 aliphatic heterocycles. The predicted octanol–water partition coefficient (Wildman–Crippen LogP) is 8.10. The van der Waals surface area contributed by atoms with Gasteiger partial charge in [-0.3, -0.25) is 9.69 Å². The van der Waals surface area contributed by atoms with E-state index in [1.807, 2.05) is 52.0 Å². The number of benzene rings is 2. The second-order valence-electron chi connectivity index (χ2n) is 9.45. The molecule has 2 aliphatic rings. The fourth-order valence-corrected chi connectivity index (χ4v) is 4.74. The van der Waals surface area contributed by atoms with E-state index in [0.29, 0.717) is 29.7 Å². The number of methoxy groups -OCH3 is 1. The Morgan fingerprint density at radius 1 is 1.03 bits per heavy atom. The second kappa shape index (κ2) is 16.1. The fourth-order valence-electron chi connectivity index (χ4n) is 4.47. The van der Waals surface area contributed by atoms with E-state index < -0.39 is 0 Å². The van der Waals surface area contributed by atoms with Crippen molar-refractivity contribution in [3.8, 4) is 11.5 Å². The van der Waals surface area contributed by atoms with Crippen LogP contribution in [-0.2, 0) is 6.54 Å². The van der Waals surface area contributed by atoms with Gasteiger partial charge in [0.15, 0.2) is 11.5 Å². The third-order valence-corrected chi connectivity index (χ3v) is 7.10. The summed E-state index contributed by atoms with van der Waals surface area (Å²) in [4.78, 5) is 17.4. The van der Waals surface area contributed by atoms with Crippen LogP contribution in [0.15, 0.2) is 24.3 Å². The lowest BCUT2D eigenvalue weighted by Crippen LogP contribution is -2.35. The number of halogens is 2. The molecule has 0 bridgehead atoms. The molecular weight excluding hydrogens is 507 g/mol. The molecule has 7 heteroatoms. The van der Waals surface area contributed by atoms with Crippen molar-refractivity contribution in [1.29, 1.82) is 0 Å². The third-order valence-electron chi connectivity index (χ3n) is 6.71. The highest BCUT2D eigenvalue weighted by atomic mass is 35.5. The lowest BCUT2D eigenvalue weighted by Gasteiger charge is -2.30. The summed E-state index contributed by atoms with van der Waals surface area (Å²) in [6.07, 6.45) is 3.75. The van der Waals surface area contributed by atoms with Crippen molar-refractivity contribution in [1.82, 2.24) is 4.90 Å². The van der Waals surface area contributed by atoms with Crippen LogP contribution in [0.2, 0.25) is 5.02 Å². The van der Waals surface area contributed by atoms with E-state index in [1.54, 1.807) is 12.0 Å². The molecule has 1 fully saturated rings. The van der Waals surface area contributed by atoms with Gasteiger partial charge in [-0.05, 0) is 80.6 Å². The molecule has 0 unspecified atom stereocenters. The normalized spacial score (nSPS) is 15.1. The van der Waals surface area contributed by atoms with E-state index >= 15 is 0 Å². The number of fused-ring (bicyclic) bond motifs is 1. The predicted molar refractivity (Wildman–Crippen MR) is 159 cm³/mol. The Labute approximate surface area is 235 Å². The van der Waals surface area contributed by atoms with Gasteiger partial charge in [0.1, 0.15) is 6.61 Å². The molecule has 1 saturated heterocycles. The Balaban J connectivity index is 0.00000106. The smallest absolute Gasteiger partial charge is 0.259 e. The van der Waals surface area contributed by atoms with Crippen molar-refractivity contribution in [3.05, 3.63) is 51.5 Å². The molecule has 5 nitrogen and oxygen atoms in total. The SMILES string of the molecule is CC.CCC.COc1ccc(N2Cc3cc(Cl)c(C)c(C)c3C2=O)cc1OCCN1CCC(C)CC1.Cl. The van der Waals surface area contributed by atoms with Crippen molar-refractivity contribution in [2.24, 2.45) is 5.92 Å². The minimum absolute atomic E-state index is 0. The molecule has 1 amide bonds. The number of anilines is 1. The van der Waals surface area contributed by atoms with E-state index in [2.05, 4.69) is 25.7 Å². The molecule has 208 valence electrons. The van der Waals surface area contributed by atoms with Crippen molar-refractivity contribution in [3.63, 3.8) is 0 Å². The largest absolute Gasteiger partial charge is 0.493 e. The summed E-state index contributed by atoms with van der Waals surface area (Å²) in [6, 6.07) is 7.60. The summed E-state index contributed by atoms with van der Waals surface area (Å²) in [5.74, 6) is 2.17. The van der Waals surface area contributed by atoms with E-state index in [0.717, 1.165) is 53.5 Å². The number of nitrogens with zero attached hydrogens (tertiary/aromatic N) is 2. The Morgan fingerprint density at radius 3 is 2.24 bits per heavy atom. The fraction of sp³-hybridized carbons (Fsp3) is 0.567. The zero-order chi connectivity index (χ0) is 26.8. The third kappa shape index (κ3) is 8.27. The molecule has 0 radical (unpaired) electrons. The summed E-state index contributed by atoms with van der Waals surface area (Å²) in [5.41, 5.74) is 4.45. The van der Waals surface area contributed by atoms with Crippen molar-refractivity contribution in [2.45, 2.75) is 74.3 Å². The van der Waals surface area contributed by atoms with Crippen LogP contribution >= 0.6 is 24.0 Å². The molecule has 0 aromatic heterocycles. The Bertz CT molecular complexity index is 1000. The molecule has 0 spiro atoms. The number of hydrogen-bond acceptors (Lipinski definition) is 4. The highest BCUT2D eigenvalue weighted by Crippen LogP contribution is 2.38. The van der Waals surface area contributed by atoms with Gasteiger partial charge in [-0.2, -0.15) is 0 Å². The summed E-state index contributed by atoms with van der Waals surface area (Å²) >= 11 is 6.36. The number of rotatable bonds is 6. The van der Waals surface area contributed by atoms with Crippen LogP contribution in [0, 0.1) is 19.8 Å². The Hall–Kier alpha value is -1.95. The standard InChI is InChI=1S/C25H31ClN2O3.C3H8.C2H6.ClH/c1-16-7-9-27(10-8-16)11-12-31-23-14-20(5-6-22(23)30-4)28-15-19-13-21(26)17(2)18(3)24(19)25(28)29;1-3-2;1-2;/h5-6,13-14,16H,7-12,15H2,1-4H3;3H2,1-2H3;1-2H3;1H. The quantitative estimate of drug-likeness (QED) is 0.363. The van der Waals surface area contributed by atoms with Crippen LogP contribution in [0.5, 0.6) is 11.5 Å². The minimum atomic E-state index is 0. The first kappa shape index (κ1) is 33.1. The zero-order valence-corrected chi connectivity index (χ0v) is 25.5. The lowest BCUT2D eigenvalue weighted by molar-refractivity contribution is 0.0996. The van der Waals surface area contributed by atoms with E-state index in [1.165, 1.54) is 19.3 Å². The van der Waals surface area contributed by atoms with Gasteiger partial charge in [-0.15, -0.1) is 12.4 Å². The van der Waals surface area contributed by atoms with Crippen LogP contribution in [0.1, 0.15) is 80.9 Å². The van der Waals surface area contributed by atoms with Crippen molar-refractivity contribution < 1.29 is 14.3 Å². The Kier molecular flexibility index (Phi) is 14.4. The number of carbonyl (C=O) groups is 1. The summed E-state index contributed by atoms with van der Waals surface area (Å²) in [5, 5.41) is 0.705. The van der Waals surface area contributed by atoms with Crippen LogP contribution in [-0.4, -0.2) is 44.2 Å². The van der Waals surface area contributed by atoms with Gasteiger partial charge in [-0.1, -0.05) is 52.6 Å². The monoisotopic (exact) mass is 552 g/mol. The highest BCUT2D eigenvalue weighted by Gasteiger charge is 2.32. The number of likely N-dealkylation sites (tertiary alicyclic amines) is 1. The number of amides is 1. The molecule has 0 N–H and O–H groups in total. The lowest BCUT2D eigenvalue weighted by atomic mass is 9.99. The average molecular weight is 554 g/mol. The van der Waals surface area contributed by atoms with Gasteiger partial charge in [0.05, 0.1) is 13.7 Å². The first-order chi connectivity index (χ1) is 17.3. The molecule has 2 heterocycles. The van der Waals surface area contributed by atoms with Gasteiger partial charge in [0.25, 0.3) is 5.91 Å². The van der Waals surface area contributed by atoms with E-state index in [4.69, 9.17) is 21.1 Å². The van der Waals surface area contributed by atoms with Crippen LogP contribution in [0.25, 0.3) is 0 Å². The van der Waals surface area contributed by atoms with E-state index in [-0.39, 0.29) is 18.3 Å². The number of ether oxygens (including phenoxy) is 2. The molecule has 2 aromatic rings. The summed E-state index contributed by atoms with van der Waals surface area (Å²) < 4.78 is 11.6. The Morgan fingerprint density at radius 2 is 1.65 bits per heavy atom. The van der Waals surface area contributed by atoms with Crippen molar-refractivity contribution >= 4 is 35.6 Å². The number of piperidine rings is 1. The maximum absolute atomic E-state index is 13.2. The number of carbonyl (C=O) groups excluding carboxylic acids is 1. The van der Waals surface area contributed by atoms with Crippen molar-refractivity contribution in [2.75, 3.05) is 38.3 Å². The van der Waals surface area contributed by atoms with Gasteiger partial charge >= 0.3 is 0 Å². The molecule has 0 atom stereocenters. The molecule has 37 heavy (non-hydrogen) atoms. The van der Waals surface area contributed by atoms with Gasteiger partial charge in [0, 0.05) is 28.9 Å². The van der Waals surface area contributed by atoms with Gasteiger partial charge in [-0.25, -0.2) is 0 Å². The summed E-state index contributed by atoms with van der Waals surface area (Å²) in [7, 11) is 1.64. The zero-order valence-electron chi connectivity index (χ0n) is 23.9. The van der Waals surface area contributed by atoms with Crippen LogP contribution < -0.4 is 14.4 Å². The average Bonchev–Trinajstić information content (AvgIpc) is 3.21. The second-order valence-corrected chi connectivity index (χ2v) is 9.86. The molecule has 2 aromatic carbocycles. The molecular formula is C30H46Cl2N2O3. The van der Waals surface area contributed by atoms with E-state index in [9.17, 15) is 4.79 Å².